The van der Waals surface area contributed by atoms with Gasteiger partial charge in [-0.2, -0.15) is 0 Å². The number of nitrogens with zero attached hydrogens (tertiary/aromatic N) is 1. The largest absolute Gasteiger partial charge is 0.497 e. The van der Waals surface area contributed by atoms with E-state index in [1.807, 2.05) is 24.3 Å². The highest BCUT2D eigenvalue weighted by Gasteiger charge is 2.40. The van der Waals surface area contributed by atoms with Gasteiger partial charge in [0.1, 0.15) is 5.75 Å². The second kappa shape index (κ2) is 9.98. The molecule has 1 aliphatic rings. The molecule has 1 fully saturated rings. The first-order valence-corrected chi connectivity index (χ1v) is 10.7. The van der Waals surface area contributed by atoms with Crippen molar-refractivity contribution >= 4 is 23.4 Å². The third-order valence-electron chi connectivity index (χ3n) is 5.58. The number of hydrogen-bond donors (Lipinski definition) is 1. The molecule has 0 spiro atoms. The zero-order valence-electron chi connectivity index (χ0n) is 17.7. The van der Waals surface area contributed by atoms with Crippen molar-refractivity contribution < 1.29 is 14.3 Å². The molecule has 2 aromatic rings. The molecular formula is C24H29ClN2O3. The maximum Gasteiger partial charge on any atom is 0.253 e. The van der Waals surface area contributed by atoms with Gasteiger partial charge >= 0.3 is 0 Å². The molecule has 2 aromatic carbocycles. The lowest BCUT2D eigenvalue weighted by Crippen LogP contribution is -2.36. The highest BCUT2D eigenvalue weighted by Crippen LogP contribution is 2.34. The van der Waals surface area contributed by atoms with Crippen molar-refractivity contribution in [1.29, 1.82) is 0 Å². The van der Waals surface area contributed by atoms with E-state index in [1.165, 1.54) is 0 Å². The molecular weight excluding hydrogens is 400 g/mol. The topological polar surface area (TPSA) is 58.6 Å². The maximum absolute atomic E-state index is 13.1. The molecule has 0 bridgehead atoms. The van der Waals surface area contributed by atoms with E-state index in [0.717, 1.165) is 17.7 Å². The summed E-state index contributed by atoms with van der Waals surface area (Å²) in [7, 11) is 1.63. The van der Waals surface area contributed by atoms with Crippen LogP contribution in [0.4, 0.5) is 0 Å². The summed E-state index contributed by atoms with van der Waals surface area (Å²) in [5.41, 5.74) is 1.57. The molecule has 6 heteroatoms. The van der Waals surface area contributed by atoms with Crippen LogP contribution < -0.4 is 10.1 Å². The number of rotatable bonds is 7. The normalized spacial score (nSPS) is 18.5. The summed E-state index contributed by atoms with van der Waals surface area (Å²) in [6.07, 6.45) is 0.927. The van der Waals surface area contributed by atoms with Crippen molar-refractivity contribution in [1.82, 2.24) is 10.2 Å². The van der Waals surface area contributed by atoms with Gasteiger partial charge in [0, 0.05) is 36.1 Å². The number of benzene rings is 2. The first-order chi connectivity index (χ1) is 14.4. The molecule has 0 radical (unpaired) electrons. The summed E-state index contributed by atoms with van der Waals surface area (Å²) >= 11 is 6.06. The van der Waals surface area contributed by atoms with Crippen LogP contribution in [0.25, 0.3) is 0 Å². The van der Waals surface area contributed by atoms with Crippen LogP contribution in [0.3, 0.4) is 0 Å². The van der Waals surface area contributed by atoms with Crippen molar-refractivity contribution in [3.05, 3.63) is 64.7 Å². The number of hydrogen-bond acceptors (Lipinski definition) is 3. The summed E-state index contributed by atoms with van der Waals surface area (Å²) in [4.78, 5) is 27.8. The zero-order chi connectivity index (χ0) is 21.7. The highest BCUT2D eigenvalue weighted by atomic mass is 35.5. The summed E-state index contributed by atoms with van der Waals surface area (Å²) in [5.74, 6) is 0.812. The summed E-state index contributed by atoms with van der Waals surface area (Å²) in [5, 5.41) is 3.59. The fourth-order valence-corrected chi connectivity index (χ4v) is 4.03. The summed E-state index contributed by atoms with van der Waals surface area (Å²) < 4.78 is 5.25. The second-order valence-corrected chi connectivity index (χ2v) is 8.62. The van der Waals surface area contributed by atoms with Crippen molar-refractivity contribution in [2.75, 3.05) is 26.7 Å². The number of carbonyl (C=O) groups is 2. The number of amides is 2. The second-order valence-electron chi connectivity index (χ2n) is 8.18. The van der Waals surface area contributed by atoms with Crippen LogP contribution in [0.1, 0.15) is 42.1 Å². The lowest BCUT2D eigenvalue weighted by atomic mass is 9.88. The summed E-state index contributed by atoms with van der Waals surface area (Å²) in [6.45, 7) is 5.78. The molecule has 1 saturated heterocycles. The van der Waals surface area contributed by atoms with E-state index in [0.29, 0.717) is 36.1 Å². The van der Waals surface area contributed by atoms with Crippen molar-refractivity contribution in [3.63, 3.8) is 0 Å². The van der Waals surface area contributed by atoms with E-state index in [-0.39, 0.29) is 23.7 Å². The fraction of sp³-hybridized carbons (Fsp3) is 0.417. The first kappa shape index (κ1) is 22.2. The van der Waals surface area contributed by atoms with E-state index in [2.05, 4.69) is 19.2 Å². The van der Waals surface area contributed by atoms with Crippen molar-refractivity contribution in [2.24, 2.45) is 11.8 Å². The third-order valence-corrected chi connectivity index (χ3v) is 5.82. The number of nitrogens with one attached hydrogen (secondary N) is 1. The van der Waals surface area contributed by atoms with E-state index >= 15 is 0 Å². The molecule has 0 saturated carbocycles. The standard InChI is InChI=1S/C24H29ClN2O3/c1-16(2)11-12-26-23(28)22-15-27(24(29)18-5-4-6-19(25)13-18)14-21(22)17-7-9-20(30-3)10-8-17/h4-10,13,16,21-22H,11-12,14-15H2,1-3H3,(H,26,28)/t21-,22+/m0/s1. The first-order valence-electron chi connectivity index (χ1n) is 10.4. The Labute approximate surface area is 183 Å². The van der Waals surface area contributed by atoms with Crippen LogP contribution in [0, 0.1) is 11.8 Å². The molecule has 0 unspecified atom stereocenters. The Bertz CT molecular complexity index is 882. The van der Waals surface area contributed by atoms with Gasteiger partial charge in [-0.15, -0.1) is 0 Å². The molecule has 1 heterocycles. The lowest BCUT2D eigenvalue weighted by Gasteiger charge is -2.18. The maximum atomic E-state index is 13.1. The quantitative estimate of drug-likeness (QED) is 0.712. The molecule has 2 amide bonds. The molecule has 30 heavy (non-hydrogen) atoms. The Balaban J connectivity index is 1.81. The molecule has 5 nitrogen and oxygen atoms in total. The smallest absolute Gasteiger partial charge is 0.253 e. The van der Waals surface area contributed by atoms with Gasteiger partial charge in [0.25, 0.3) is 5.91 Å². The Kier molecular flexibility index (Phi) is 7.38. The van der Waals surface area contributed by atoms with Crippen LogP contribution in [0.2, 0.25) is 5.02 Å². The number of ether oxygens (including phenoxy) is 1. The van der Waals surface area contributed by atoms with E-state index in [9.17, 15) is 9.59 Å². The van der Waals surface area contributed by atoms with Gasteiger partial charge in [-0.05, 0) is 48.2 Å². The molecule has 2 atom stereocenters. The highest BCUT2D eigenvalue weighted by molar-refractivity contribution is 6.30. The van der Waals surface area contributed by atoms with Crippen LogP contribution >= 0.6 is 11.6 Å². The average Bonchev–Trinajstić information content (AvgIpc) is 3.18. The third kappa shape index (κ3) is 5.33. The van der Waals surface area contributed by atoms with Crippen LogP contribution in [-0.2, 0) is 4.79 Å². The van der Waals surface area contributed by atoms with Gasteiger partial charge in [0.15, 0.2) is 0 Å². The fourth-order valence-electron chi connectivity index (χ4n) is 3.84. The van der Waals surface area contributed by atoms with Crippen LogP contribution in [0.5, 0.6) is 5.75 Å². The predicted molar refractivity (Wildman–Crippen MR) is 119 cm³/mol. The summed E-state index contributed by atoms with van der Waals surface area (Å²) in [6, 6.07) is 14.7. The molecule has 1 N–H and O–H groups in total. The van der Waals surface area contributed by atoms with Crippen LogP contribution in [-0.4, -0.2) is 43.5 Å². The van der Waals surface area contributed by atoms with Gasteiger partial charge in [0.05, 0.1) is 13.0 Å². The predicted octanol–water partition coefficient (Wildman–Crippen LogP) is 4.37. The van der Waals surface area contributed by atoms with Crippen molar-refractivity contribution in [2.45, 2.75) is 26.2 Å². The average molecular weight is 429 g/mol. The van der Waals surface area contributed by atoms with Gasteiger partial charge in [-0.25, -0.2) is 0 Å². The molecule has 1 aliphatic heterocycles. The number of carbonyl (C=O) groups excluding carboxylic acids is 2. The van der Waals surface area contributed by atoms with Crippen molar-refractivity contribution in [3.8, 4) is 5.75 Å². The monoisotopic (exact) mass is 428 g/mol. The Morgan fingerprint density at radius 3 is 2.53 bits per heavy atom. The lowest BCUT2D eigenvalue weighted by molar-refractivity contribution is -0.124. The SMILES string of the molecule is COc1ccc([C@@H]2CN(C(=O)c3cccc(Cl)c3)C[C@H]2C(=O)NCCC(C)C)cc1. The number of methoxy groups -OCH3 is 1. The van der Waals surface area contributed by atoms with Gasteiger partial charge in [-0.3, -0.25) is 9.59 Å². The number of halogens is 1. The molecule has 3 rings (SSSR count). The molecule has 160 valence electrons. The van der Waals surface area contributed by atoms with Crippen LogP contribution in [0.15, 0.2) is 48.5 Å². The van der Waals surface area contributed by atoms with E-state index in [1.54, 1.807) is 36.3 Å². The Morgan fingerprint density at radius 1 is 1.17 bits per heavy atom. The van der Waals surface area contributed by atoms with Gasteiger partial charge in [0.2, 0.25) is 5.91 Å². The molecule has 0 aromatic heterocycles. The Hall–Kier alpha value is -2.53. The van der Waals surface area contributed by atoms with E-state index < -0.39 is 0 Å². The minimum absolute atomic E-state index is 0.00198. The molecule has 0 aliphatic carbocycles. The minimum atomic E-state index is -0.298. The number of likely N-dealkylation sites (tertiary alicyclic amines) is 1. The minimum Gasteiger partial charge on any atom is -0.497 e. The zero-order valence-corrected chi connectivity index (χ0v) is 18.5. The van der Waals surface area contributed by atoms with E-state index in [4.69, 9.17) is 16.3 Å². The Morgan fingerprint density at radius 2 is 1.90 bits per heavy atom. The van der Waals surface area contributed by atoms with Gasteiger partial charge in [-0.1, -0.05) is 43.6 Å². The van der Waals surface area contributed by atoms with Gasteiger partial charge < -0.3 is 15.0 Å².